The number of aromatic nitrogens is 2. The SMILES string of the molecule is COc1ccc(Cn2ncc(C)c2N)c(OC)c1OC. The Balaban J connectivity index is 2.44. The summed E-state index contributed by atoms with van der Waals surface area (Å²) in [6, 6.07) is 3.75. The van der Waals surface area contributed by atoms with Gasteiger partial charge < -0.3 is 19.9 Å². The molecule has 0 fully saturated rings. The lowest BCUT2D eigenvalue weighted by molar-refractivity contribution is 0.321. The first-order chi connectivity index (χ1) is 9.62. The zero-order valence-corrected chi connectivity index (χ0v) is 12.1. The van der Waals surface area contributed by atoms with E-state index in [1.54, 1.807) is 32.2 Å². The lowest BCUT2D eigenvalue weighted by Gasteiger charge is -2.16. The maximum Gasteiger partial charge on any atom is 0.203 e. The monoisotopic (exact) mass is 277 g/mol. The van der Waals surface area contributed by atoms with E-state index in [0.717, 1.165) is 11.1 Å². The molecule has 0 spiro atoms. The lowest BCUT2D eigenvalue weighted by Crippen LogP contribution is -2.08. The molecule has 1 aromatic carbocycles. The van der Waals surface area contributed by atoms with Crippen LogP contribution in [0.3, 0.4) is 0 Å². The second-order valence-corrected chi connectivity index (χ2v) is 4.36. The molecule has 0 saturated heterocycles. The van der Waals surface area contributed by atoms with E-state index in [2.05, 4.69) is 5.10 Å². The molecule has 20 heavy (non-hydrogen) atoms. The zero-order valence-electron chi connectivity index (χ0n) is 12.1. The van der Waals surface area contributed by atoms with Crippen LogP contribution in [0.2, 0.25) is 0 Å². The predicted molar refractivity (Wildman–Crippen MR) is 76.6 cm³/mol. The van der Waals surface area contributed by atoms with Crippen molar-refractivity contribution in [2.75, 3.05) is 27.1 Å². The molecule has 1 aromatic heterocycles. The maximum atomic E-state index is 5.97. The maximum absolute atomic E-state index is 5.97. The van der Waals surface area contributed by atoms with Gasteiger partial charge >= 0.3 is 0 Å². The van der Waals surface area contributed by atoms with Gasteiger partial charge in [-0.1, -0.05) is 0 Å². The molecule has 0 unspecified atom stereocenters. The third-order valence-corrected chi connectivity index (χ3v) is 3.18. The molecule has 0 atom stereocenters. The van der Waals surface area contributed by atoms with Crippen LogP contribution in [0.4, 0.5) is 5.82 Å². The average Bonchev–Trinajstić information content (AvgIpc) is 2.78. The molecular formula is C14H19N3O3. The summed E-state index contributed by atoms with van der Waals surface area (Å²) in [6.07, 6.45) is 1.74. The van der Waals surface area contributed by atoms with Gasteiger partial charge in [0.05, 0.1) is 34.1 Å². The van der Waals surface area contributed by atoms with Gasteiger partial charge in [-0.05, 0) is 19.1 Å². The van der Waals surface area contributed by atoms with Crippen LogP contribution >= 0.6 is 0 Å². The van der Waals surface area contributed by atoms with E-state index >= 15 is 0 Å². The Morgan fingerprint density at radius 3 is 2.30 bits per heavy atom. The Morgan fingerprint density at radius 1 is 1.10 bits per heavy atom. The minimum atomic E-state index is 0.503. The number of hydrogen-bond donors (Lipinski definition) is 1. The van der Waals surface area contributed by atoms with Crippen molar-refractivity contribution < 1.29 is 14.2 Å². The summed E-state index contributed by atoms with van der Waals surface area (Å²) in [6.45, 7) is 2.42. The van der Waals surface area contributed by atoms with Crippen molar-refractivity contribution in [2.45, 2.75) is 13.5 Å². The third kappa shape index (κ3) is 2.36. The first kappa shape index (κ1) is 14.0. The highest BCUT2D eigenvalue weighted by atomic mass is 16.5. The molecule has 6 heteroatoms. The highest BCUT2D eigenvalue weighted by molar-refractivity contribution is 5.56. The molecule has 0 amide bonds. The van der Waals surface area contributed by atoms with Crippen molar-refractivity contribution in [1.29, 1.82) is 0 Å². The van der Waals surface area contributed by atoms with Gasteiger partial charge in [0.2, 0.25) is 5.75 Å². The van der Waals surface area contributed by atoms with E-state index in [4.69, 9.17) is 19.9 Å². The molecule has 6 nitrogen and oxygen atoms in total. The third-order valence-electron chi connectivity index (χ3n) is 3.18. The van der Waals surface area contributed by atoms with Crippen molar-refractivity contribution in [3.63, 3.8) is 0 Å². The number of nitrogens with zero attached hydrogens (tertiary/aromatic N) is 2. The fourth-order valence-corrected chi connectivity index (χ4v) is 2.06. The molecule has 1 heterocycles. The summed E-state index contributed by atoms with van der Waals surface area (Å²) in [4.78, 5) is 0. The van der Waals surface area contributed by atoms with Gasteiger partial charge in [-0.3, -0.25) is 0 Å². The summed E-state index contributed by atoms with van der Waals surface area (Å²) in [7, 11) is 4.76. The first-order valence-electron chi connectivity index (χ1n) is 6.18. The Bertz CT molecular complexity index is 608. The molecule has 0 aliphatic carbocycles. The van der Waals surface area contributed by atoms with Crippen LogP contribution in [-0.2, 0) is 6.54 Å². The van der Waals surface area contributed by atoms with Gasteiger partial charge in [0.1, 0.15) is 5.82 Å². The molecule has 2 N–H and O–H groups in total. The number of rotatable bonds is 5. The minimum Gasteiger partial charge on any atom is -0.493 e. The van der Waals surface area contributed by atoms with Gasteiger partial charge in [-0.15, -0.1) is 0 Å². The smallest absolute Gasteiger partial charge is 0.203 e. The van der Waals surface area contributed by atoms with Crippen molar-refractivity contribution >= 4 is 5.82 Å². The van der Waals surface area contributed by atoms with Crippen LogP contribution in [0.1, 0.15) is 11.1 Å². The number of benzene rings is 1. The normalized spacial score (nSPS) is 10.4. The molecule has 0 aliphatic rings. The van der Waals surface area contributed by atoms with E-state index < -0.39 is 0 Å². The molecule has 108 valence electrons. The number of methoxy groups -OCH3 is 3. The fourth-order valence-electron chi connectivity index (χ4n) is 2.06. The number of nitrogens with two attached hydrogens (primary N) is 1. The van der Waals surface area contributed by atoms with E-state index in [0.29, 0.717) is 29.6 Å². The summed E-state index contributed by atoms with van der Waals surface area (Å²) in [5, 5.41) is 4.25. The summed E-state index contributed by atoms with van der Waals surface area (Å²) in [5.41, 5.74) is 7.84. The molecule has 0 saturated carbocycles. The van der Waals surface area contributed by atoms with Crippen LogP contribution in [0.15, 0.2) is 18.3 Å². The molecule has 0 radical (unpaired) electrons. The largest absolute Gasteiger partial charge is 0.493 e. The Morgan fingerprint density at radius 2 is 1.80 bits per heavy atom. The van der Waals surface area contributed by atoms with Crippen molar-refractivity contribution in [2.24, 2.45) is 0 Å². The van der Waals surface area contributed by atoms with Crippen LogP contribution in [0, 0.1) is 6.92 Å². The fraction of sp³-hybridized carbons (Fsp3) is 0.357. The second-order valence-electron chi connectivity index (χ2n) is 4.36. The van der Waals surface area contributed by atoms with Crippen molar-refractivity contribution in [1.82, 2.24) is 9.78 Å². The van der Waals surface area contributed by atoms with Gasteiger partial charge in [0.15, 0.2) is 11.5 Å². The molecular weight excluding hydrogens is 258 g/mol. The predicted octanol–water partition coefficient (Wildman–Crippen LogP) is 1.85. The zero-order chi connectivity index (χ0) is 14.7. The van der Waals surface area contributed by atoms with Crippen LogP contribution < -0.4 is 19.9 Å². The second kappa shape index (κ2) is 5.73. The number of nitrogen functional groups attached to an aromatic ring is 1. The number of aryl methyl sites for hydroxylation is 1. The van der Waals surface area contributed by atoms with E-state index in [9.17, 15) is 0 Å². The quantitative estimate of drug-likeness (QED) is 0.903. The molecule has 2 aromatic rings. The van der Waals surface area contributed by atoms with Gasteiger partial charge in [0, 0.05) is 11.1 Å². The molecule has 2 rings (SSSR count). The number of anilines is 1. The standard InChI is InChI=1S/C14H19N3O3/c1-9-7-16-17(14(9)15)8-10-5-6-11(18-2)13(20-4)12(10)19-3/h5-7H,8,15H2,1-4H3. The topological polar surface area (TPSA) is 71.5 Å². The minimum absolute atomic E-state index is 0.503. The van der Waals surface area contributed by atoms with Gasteiger partial charge in [-0.25, -0.2) is 4.68 Å². The van der Waals surface area contributed by atoms with E-state index in [1.165, 1.54) is 0 Å². The number of ether oxygens (including phenoxy) is 3. The van der Waals surface area contributed by atoms with Crippen LogP contribution in [0.5, 0.6) is 17.2 Å². The summed E-state index contributed by atoms with van der Waals surface area (Å²) in [5.74, 6) is 2.45. The average molecular weight is 277 g/mol. The summed E-state index contributed by atoms with van der Waals surface area (Å²) < 4.78 is 17.8. The van der Waals surface area contributed by atoms with Crippen molar-refractivity contribution in [3.05, 3.63) is 29.5 Å². The molecule has 0 bridgehead atoms. The van der Waals surface area contributed by atoms with Crippen molar-refractivity contribution in [3.8, 4) is 17.2 Å². The van der Waals surface area contributed by atoms with Crippen LogP contribution in [-0.4, -0.2) is 31.1 Å². The summed E-state index contributed by atoms with van der Waals surface area (Å²) >= 11 is 0. The highest BCUT2D eigenvalue weighted by Gasteiger charge is 2.17. The van der Waals surface area contributed by atoms with Crippen LogP contribution in [0.25, 0.3) is 0 Å². The number of hydrogen-bond acceptors (Lipinski definition) is 5. The lowest BCUT2D eigenvalue weighted by atomic mass is 10.1. The van der Waals surface area contributed by atoms with Gasteiger partial charge in [0.25, 0.3) is 0 Å². The highest BCUT2D eigenvalue weighted by Crippen LogP contribution is 2.40. The van der Waals surface area contributed by atoms with E-state index in [1.807, 2.05) is 19.1 Å². The van der Waals surface area contributed by atoms with E-state index in [-0.39, 0.29) is 0 Å². The first-order valence-corrected chi connectivity index (χ1v) is 6.18. The Hall–Kier alpha value is -2.37. The van der Waals surface area contributed by atoms with Gasteiger partial charge in [-0.2, -0.15) is 5.10 Å². The Kier molecular flexibility index (Phi) is 4.02. The molecule has 0 aliphatic heterocycles. The Labute approximate surface area is 118 Å².